The van der Waals surface area contributed by atoms with Crippen molar-refractivity contribution in [2.24, 2.45) is 0 Å². The quantitative estimate of drug-likeness (QED) is 0.343. The molecule has 10 nitrogen and oxygen atoms in total. The van der Waals surface area contributed by atoms with Gasteiger partial charge in [-0.05, 0) is 56.0 Å². The number of aromatic nitrogens is 2. The van der Waals surface area contributed by atoms with Gasteiger partial charge < -0.3 is 30.7 Å². The van der Waals surface area contributed by atoms with Crippen LogP contribution >= 0.6 is 23.2 Å². The normalized spacial score (nSPS) is 19.2. The van der Waals surface area contributed by atoms with Gasteiger partial charge in [-0.15, -0.1) is 0 Å². The van der Waals surface area contributed by atoms with Gasteiger partial charge in [0.2, 0.25) is 11.9 Å². The number of ether oxygens (including phenoxy) is 1. The third-order valence-corrected chi connectivity index (χ3v) is 7.47. The third kappa shape index (κ3) is 7.51. The Bertz CT molecular complexity index is 1280. The molecule has 3 heterocycles. The van der Waals surface area contributed by atoms with Crippen LogP contribution in [0.1, 0.15) is 50.4 Å². The molecule has 4 N–H and O–H groups in total. The molecule has 0 spiro atoms. The van der Waals surface area contributed by atoms with E-state index in [9.17, 15) is 14.7 Å². The van der Waals surface area contributed by atoms with Crippen molar-refractivity contribution in [3.8, 4) is 0 Å². The van der Waals surface area contributed by atoms with Crippen molar-refractivity contribution >= 4 is 46.7 Å². The van der Waals surface area contributed by atoms with Crippen LogP contribution in [-0.2, 0) is 9.53 Å². The number of aliphatic hydroxyl groups is 1. The van der Waals surface area contributed by atoms with Crippen LogP contribution < -0.4 is 16.0 Å². The van der Waals surface area contributed by atoms with Gasteiger partial charge in [0.1, 0.15) is 6.04 Å². The minimum Gasteiger partial charge on any atom is -0.394 e. The molecule has 12 heteroatoms. The van der Waals surface area contributed by atoms with Gasteiger partial charge in [-0.3, -0.25) is 4.79 Å². The first kappa shape index (κ1) is 29.8. The van der Waals surface area contributed by atoms with Crippen LogP contribution in [0, 0.1) is 0 Å². The van der Waals surface area contributed by atoms with E-state index in [1.165, 1.54) is 4.90 Å². The molecule has 3 amide bonds. The first-order valence-corrected chi connectivity index (χ1v) is 14.0. The van der Waals surface area contributed by atoms with Crippen LogP contribution in [0.2, 0.25) is 10.0 Å². The topological polar surface area (TPSA) is 129 Å². The Balaban J connectivity index is 1.40. The predicted octanol–water partition coefficient (Wildman–Crippen LogP) is 4.32. The Morgan fingerprint density at radius 2 is 2.10 bits per heavy atom. The van der Waals surface area contributed by atoms with E-state index in [4.69, 9.17) is 27.9 Å². The number of aliphatic hydroxyl groups excluding tert-OH is 1. The van der Waals surface area contributed by atoms with Gasteiger partial charge in [0.25, 0.3) is 0 Å². The highest BCUT2D eigenvalue weighted by atomic mass is 35.5. The highest BCUT2D eigenvalue weighted by Crippen LogP contribution is 2.26. The number of halogens is 2. The van der Waals surface area contributed by atoms with Gasteiger partial charge in [0.15, 0.2) is 0 Å². The molecule has 2 aliphatic rings. The number of benzene rings is 1. The van der Waals surface area contributed by atoms with E-state index in [-0.39, 0.29) is 18.6 Å². The lowest BCUT2D eigenvalue weighted by Crippen LogP contribution is -2.54. The molecule has 2 atom stereocenters. The maximum atomic E-state index is 13.0. The standard InChI is InChI=1S/C28H34Cl2N6O4/c1-3-18(25-23(30)15-31-27(35-25)32-21-8-11-40-12-9-21)14-22-7-10-36(28(39)33-22)17(2)26(38)34-24(16-37)19-5-4-6-20(29)13-19/h3-6,13-15,17,21,24,37H,7-12,16H2,1-2H3,(H,33,39)(H,34,38)(H,31,32,35)/b18-3+,22-14-/t17-,24+/m0/s1. The van der Waals surface area contributed by atoms with E-state index in [0.29, 0.717) is 59.1 Å². The zero-order valence-corrected chi connectivity index (χ0v) is 24.0. The number of carbonyl (C=O) groups is 2. The number of rotatable bonds is 9. The molecule has 40 heavy (non-hydrogen) atoms. The van der Waals surface area contributed by atoms with Gasteiger partial charge in [0.05, 0.1) is 29.6 Å². The molecule has 2 fully saturated rings. The molecule has 0 saturated carbocycles. The Morgan fingerprint density at radius 3 is 2.77 bits per heavy atom. The fourth-order valence-electron chi connectivity index (χ4n) is 4.62. The van der Waals surface area contributed by atoms with Crippen LogP contribution in [0.25, 0.3) is 5.57 Å². The van der Waals surface area contributed by atoms with Crippen molar-refractivity contribution in [2.75, 3.05) is 31.7 Å². The molecule has 0 unspecified atom stereocenters. The number of hydrogen-bond donors (Lipinski definition) is 4. The molecule has 214 valence electrons. The second kappa shape index (κ2) is 13.9. The molecule has 0 bridgehead atoms. The average Bonchev–Trinajstić information content (AvgIpc) is 2.96. The van der Waals surface area contributed by atoms with E-state index in [0.717, 1.165) is 18.4 Å². The number of anilines is 1. The maximum absolute atomic E-state index is 13.0. The van der Waals surface area contributed by atoms with Gasteiger partial charge in [-0.1, -0.05) is 41.4 Å². The number of nitrogens with one attached hydrogen (secondary N) is 3. The molecule has 1 aromatic heterocycles. The number of amides is 3. The molecule has 1 aromatic carbocycles. The minimum atomic E-state index is -0.758. The van der Waals surface area contributed by atoms with E-state index in [2.05, 4.69) is 25.9 Å². The van der Waals surface area contributed by atoms with Gasteiger partial charge >= 0.3 is 6.03 Å². The van der Waals surface area contributed by atoms with Crippen LogP contribution in [0.3, 0.4) is 0 Å². The van der Waals surface area contributed by atoms with E-state index in [1.807, 2.05) is 19.1 Å². The molecular formula is C28H34Cl2N6O4. The lowest BCUT2D eigenvalue weighted by atomic mass is 10.1. The predicted molar refractivity (Wildman–Crippen MR) is 155 cm³/mol. The fraction of sp³-hybridized carbons (Fsp3) is 0.429. The summed E-state index contributed by atoms with van der Waals surface area (Å²) >= 11 is 12.5. The first-order valence-electron chi connectivity index (χ1n) is 13.3. The fourth-order valence-corrected chi connectivity index (χ4v) is 5.02. The van der Waals surface area contributed by atoms with Crippen molar-refractivity contribution in [3.63, 3.8) is 0 Å². The summed E-state index contributed by atoms with van der Waals surface area (Å²) in [5.41, 5.74) is 2.66. The Kier molecular flexibility index (Phi) is 10.4. The monoisotopic (exact) mass is 588 g/mol. The summed E-state index contributed by atoms with van der Waals surface area (Å²) in [6.07, 6.45) is 7.53. The van der Waals surface area contributed by atoms with E-state index >= 15 is 0 Å². The van der Waals surface area contributed by atoms with Crippen molar-refractivity contribution in [3.05, 3.63) is 69.6 Å². The number of hydrogen-bond acceptors (Lipinski definition) is 7. The second-order valence-corrected chi connectivity index (χ2v) is 10.5. The Labute approximate surface area is 243 Å². The summed E-state index contributed by atoms with van der Waals surface area (Å²) in [5, 5.41) is 19.8. The lowest BCUT2D eigenvalue weighted by Gasteiger charge is -2.34. The van der Waals surface area contributed by atoms with Crippen LogP contribution in [0.5, 0.6) is 0 Å². The highest BCUT2D eigenvalue weighted by molar-refractivity contribution is 6.32. The maximum Gasteiger partial charge on any atom is 0.322 e. The summed E-state index contributed by atoms with van der Waals surface area (Å²) in [7, 11) is 0. The summed E-state index contributed by atoms with van der Waals surface area (Å²) in [6.45, 7) is 4.95. The third-order valence-electron chi connectivity index (χ3n) is 6.96. The van der Waals surface area contributed by atoms with Crippen LogP contribution in [-0.4, -0.2) is 70.4 Å². The Morgan fingerprint density at radius 1 is 1.32 bits per heavy atom. The largest absolute Gasteiger partial charge is 0.394 e. The molecule has 2 saturated heterocycles. The summed E-state index contributed by atoms with van der Waals surface area (Å²) in [6, 6.07) is 5.36. The summed E-state index contributed by atoms with van der Waals surface area (Å²) in [5.74, 6) is 0.106. The Hall–Kier alpha value is -3.18. The summed E-state index contributed by atoms with van der Waals surface area (Å²) < 4.78 is 5.42. The average molecular weight is 590 g/mol. The second-order valence-electron chi connectivity index (χ2n) is 9.68. The van der Waals surface area contributed by atoms with Crippen molar-refractivity contribution < 1.29 is 19.4 Å². The van der Waals surface area contributed by atoms with Crippen LogP contribution in [0.15, 0.2) is 48.3 Å². The number of allylic oxidation sites excluding steroid dienone is 3. The zero-order chi connectivity index (χ0) is 28.6. The SMILES string of the molecule is C/C=C(\C=C1\CCN([C@@H](C)C(=O)N[C@H](CO)c2cccc(Cl)c2)C(=O)N1)c1nc(NC2CCOCC2)ncc1Cl. The first-order chi connectivity index (χ1) is 19.3. The van der Waals surface area contributed by atoms with Crippen molar-refractivity contribution in [1.29, 1.82) is 0 Å². The zero-order valence-electron chi connectivity index (χ0n) is 22.5. The smallest absolute Gasteiger partial charge is 0.322 e. The molecular weight excluding hydrogens is 555 g/mol. The molecule has 0 radical (unpaired) electrons. The van der Waals surface area contributed by atoms with Gasteiger partial charge in [-0.2, -0.15) is 0 Å². The number of urea groups is 1. The van der Waals surface area contributed by atoms with Gasteiger partial charge in [-0.25, -0.2) is 14.8 Å². The number of carbonyl (C=O) groups excluding carboxylic acids is 2. The summed E-state index contributed by atoms with van der Waals surface area (Å²) in [4.78, 5) is 36.4. The van der Waals surface area contributed by atoms with Crippen molar-refractivity contribution in [2.45, 2.75) is 51.2 Å². The molecule has 2 aliphatic heterocycles. The lowest BCUT2D eigenvalue weighted by molar-refractivity contribution is -0.126. The highest BCUT2D eigenvalue weighted by Gasteiger charge is 2.31. The molecule has 2 aromatic rings. The molecule has 4 rings (SSSR count). The minimum absolute atomic E-state index is 0.233. The van der Waals surface area contributed by atoms with E-state index < -0.39 is 18.1 Å². The van der Waals surface area contributed by atoms with Crippen LogP contribution in [0.4, 0.5) is 10.7 Å². The number of nitrogens with zero attached hydrogens (tertiary/aromatic N) is 3. The van der Waals surface area contributed by atoms with Gasteiger partial charge in [0, 0.05) is 42.9 Å². The molecule has 0 aliphatic carbocycles. The van der Waals surface area contributed by atoms with E-state index in [1.54, 1.807) is 37.4 Å². The van der Waals surface area contributed by atoms with Crippen molar-refractivity contribution in [1.82, 2.24) is 25.5 Å².